The zero-order chi connectivity index (χ0) is 24.3. The SMILES string of the molecule is CN(C)S(=O)(=O)Nc1cc(C(O)CNCCOc2ccc3c(c2)[nH]c2ccccc23)ccc1F. The zero-order valence-corrected chi connectivity index (χ0v) is 19.7. The third-order valence-corrected chi connectivity index (χ3v) is 6.90. The first-order valence-corrected chi connectivity index (χ1v) is 12.2. The van der Waals surface area contributed by atoms with Crippen LogP contribution >= 0.6 is 0 Å². The molecule has 1 heterocycles. The molecule has 0 aliphatic heterocycles. The number of aliphatic hydroxyl groups excluding tert-OH is 1. The second kappa shape index (κ2) is 9.98. The van der Waals surface area contributed by atoms with Crippen LogP contribution < -0.4 is 14.8 Å². The Bertz CT molecular complexity index is 1400. The van der Waals surface area contributed by atoms with Crippen molar-refractivity contribution in [3.05, 3.63) is 72.0 Å². The average molecular weight is 487 g/mol. The highest BCUT2D eigenvalue weighted by Crippen LogP contribution is 2.28. The van der Waals surface area contributed by atoms with Crippen molar-refractivity contribution in [2.75, 3.05) is 38.5 Å². The van der Waals surface area contributed by atoms with Gasteiger partial charge in [-0.3, -0.25) is 4.72 Å². The standard InChI is InChI=1S/C24H27FN4O4S/c1-29(2)34(31,32)28-23-13-16(7-10-20(23)25)24(30)15-26-11-12-33-17-8-9-19-18-5-3-4-6-21(18)27-22(19)14-17/h3-10,13-14,24,26-28,30H,11-12,15H2,1-2H3. The highest BCUT2D eigenvalue weighted by Gasteiger charge is 2.17. The molecule has 3 aromatic carbocycles. The van der Waals surface area contributed by atoms with Crippen LogP contribution in [0.2, 0.25) is 0 Å². The summed E-state index contributed by atoms with van der Waals surface area (Å²) >= 11 is 0. The molecule has 0 bridgehead atoms. The van der Waals surface area contributed by atoms with E-state index in [4.69, 9.17) is 4.74 Å². The molecule has 1 atom stereocenters. The van der Waals surface area contributed by atoms with Gasteiger partial charge in [0, 0.05) is 49.5 Å². The lowest BCUT2D eigenvalue weighted by atomic mass is 10.1. The van der Waals surface area contributed by atoms with Crippen molar-refractivity contribution in [3.8, 4) is 5.75 Å². The smallest absolute Gasteiger partial charge is 0.301 e. The number of nitrogens with one attached hydrogen (secondary N) is 3. The normalized spacial score (nSPS) is 13.0. The third kappa shape index (κ3) is 5.31. The number of fused-ring (bicyclic) bond motifs is 3. The average Bonchev–Trinajstić information content (AvgIpc) is 3.17. The van der Waals surface area contributed by atoms with E-state index in [1.807, 2.05) is 36.4 Å². The van der Waals surface area contributed by atoms with Crippen molar-refractivity contribution in [2.45, 2.75) is 6.10 Å². The van der Waals surface area contributed by atoms with Crippen molar-refractivity contribution in [2.24, 2.45) is 0 Å². The molecule has 1 aromatic heterocycles. The molecule has 10 heteroatoms. The second-order valence-electron chi connectivity index (χ2n) is 8.08. The number of para-hydroxylation sites is 1. The number of hydrogen-bond acceptors (Lipinski definition) is 5. The van der Waals surface area contributed by atoms with Crippen LogP contribution in [0.15, 0.2) is 60.7 Å². The number of rotatable bonds is 10. The lowest BCUT2D eigenvalue weighted by Crippen LogP contribution is -2.29. The van der Waals surface area contributed by atoms with Crippen LogP contribution in [0.3, 0.4) is 0 Å². The zero-order valence-electron chi connectivity index (χ0n) is 18.9. The molecule has 0 fully saturated rings. The van der Waals surface area contributed by atoms with Gasteiger partial charge in [0.25, 0.3) is 0 Å². The van der Waals surface area contributed by atoms with Gasteiger partial charge in [-0.15, -0.1) is 0 Å². The predicted molar refractivity (Wildman–Crippen MR) is 132 cm³/mol. The summed E-state index contributed by atoms with van der Waals surface area (Å²) < 4.78 is 46.9. The first kappa shape index (κ1) is 24.0. The molecular formula is C24H27FN4O4S. The Morgan fingerprint density at radius 3 is 2.62 bits per heavy atom. The van der Waals surface area contributed by atoms with Crippen molar-refractivity contribution in [1.82, 2.24) is 14.6 Å². The van der Waals surface area contributed by atoms with Gasteiger partial charge in [-0.1, -0.05) is 24.3 Å². The Morgan fingerprint density at radius 2 is 1.82 bits per heavy atom. The van der Waals surface area contributed by atoms with E-state index in [1.165, 1.54) is 26.2 Å². The van der Waals surface area contributed by atoms with Crippen LogP contribution in [0.4, 0.5) is 10.1 Å². The van der Waals surface area contributed by atoms with E-state index >= 15 is 0 Å². The molecule has 0 amide bonds. The molecule has 8 nitrogen and oxygen atoms in total. The van der Waals surface area contributed by atoms with E-state index < -0.39 is 22.1 Å². The molecule has 34 heavy (non-hydrogen) atoms. The maximum absolute atomic E-state index is 14.0. The number of aromatic nitrogens is 1. The van der Waals surface area contributed by atoms with Crippen molar-refractivity contribution in [3.63, 3.8) is 0 Å². The van der Waals surface area contributed by atoms with E-state index in [0.717, 1.165) is 37.9 Å². The Morgan fingerprint density at radius 1 is 1.06 bits per heavy atom. The number of anilines is 1. The van der Waals surface area contributed by atoms with Crippen LogP contribution in [0.1, 0.15) is 11.7 Å². The first-order chi connectivity index (χ1) is 16.2. The molecule has 4 rings (SSSR count). The minimum Gasteiger partial charge on any atom is -0.492 e. The largest absolute Gasteiger partial charge is 0.492 e. The quantitative estimate of drug-likeness (QED) is 0.257. The van der Waals surface area contributed by atoms with Crippen molar-refractivity contribution in [1.29, 1.82) is 0 Å². The Labute approximate surface area is 197 Å². The maximum Gasteiger partial charge on any atom is 0.301 e. The summed E-state index contributed by atoms with van der Waals surface area (Å²) in [6, 6.07) is 17.8. The molecular weight excluding hydrogens is 459 g/mol. The number of halogens is 1. The van der Waals surface area contributed by atoms with Crippen LogP contribution in [-0.4, -0.2) is 56.6 Å². The van der Waals surface area contributed by atoms with Crippen molar-refractivity contribution >= 4 is 37.7 Å². The number of ether oxygens (including phenoxy) is 1. The van der Waals surface area contributed by atoms with Crippen LogP contribution in [0, 0.1) is 5.82 Å². The van der Waals surface area contributed by atoms with Crippen molar-refractivity contribution < 1.29 is 22.7 Å². The molecule has 1 unspecified atom stereocenters. The molecule has 4 N–H and O–H groups in total. The van der Waals surface area contributed by atoms with Gasteiger partial charge in [-0.25, -0.2) is 4.39 Å². The molecule has 4 aromatic rings. The first-order valence-electron chi connectivity index (χ1n) is 10.8. The number of nitrogens with zero attached hydrogens (tertiary/aromatic N) is 1. The van der Waals surface area contributed by atoms with E-state index in [1.54, 1.807) is 0 Å². The Hall–Kier alpha value is -3.18. The summed E-state index contributed by atoms with van der Waals surface area (Å²) in [6.45, 7) is 1.05. The summed E-state index contributed by atoms with van der Waals surface area (Å²) in [5.41, 5.74) is 2.24. The van der Waals surface area contributed by atoms with Gasteiger partial charge in [0.2, 0.25) is 0 Å². The number of aromatic amines is 1. The predicted octanol–water partition coefficient (Wildman–Crippen LogP) is 3.38. The summed E-state index contributed by atoms with van der Waals surface area (Å²) in [5, 5.41) is 15.8. The van der Waals surface area contributed by atoms with Crippen LogP contribution in [-0.2, 0) is 10.2 Å². The maximum atomic E-state index is 14.0. The fourth-order valence-electron chi connectivity index (χ4n) is 3.58. The molecule has 0 saturated heterocycles. The highest BCUT2D eigenvalue weighted by molar-refractivity contribution is 7.90. The minimum atomic E-state index is -3.86. The van der Waals surface area contributed by atoms with Gasteiger partial charge in [0.15, 0.2) is 0 Å². The molecule has 0 aliphatic rings. The number of hydrogen-bond donors (Lipinski definition) is 4. The Kier molecular flexibility index (Phi) is 7.03. The van der Waals surface area contributed by atoms with Gasteiger partial charge in [0.05, 0.1) is 17.3 Å². The molecule has 0 radical (unpaired) electrons. The number of benzene rings is 3. The highest BCUT2D eigenvalue weighted by atomic mass is 32.2. The second-order valence-corrected chi connectivity index (χ2v) is 9.96. The lowest BCUT2D eigenvalue weighted by Gasteiger charge is -2.17. The lowest BCUT2D eigenvalue weighted by molar-refractivity contribution is 0.172. The third-order valence-electron chi connectivity index (χ3n) is 5.46. The molecule has 180 valence electrons. The number of aliphatic hydroxyl groups is 1. The van der Waals surface area contributed by atoms with E-state index in [2.05, 4.69) is 21.1 Å². The van der Waals surface area contributed by atoms with E-state index in [9.17, 15) is 17.9 Å². The van der Waals surface area contributed by atoms with Crippen LogP contribution in [0.5, 0.6) is 5.75 Å². The number of H-pyrrole nitrogens is 1. The van der Waals surface area contributed by atoms with Gasteiger partial charge < -0.3 is 20.1 Å². The molecule has 0 aliphatic carbocycles. The van der Waals surface area contributed by atoms with E-state index in [-0.39, 0.29) is 12.2 Å². The van der Waals surface area contributed by atoms with Gasteiger partial charge >= 0.3 is 10.2 Å². The summed E-state index contributed by atoms with van der Waals surface area (Å²) in [4.78, 5) is 3.38. The summed E-state index contributed by atoms with van der Waals surface area (Å²) in [5.74, 6) is 0.00687. The minimum absolute atomic E-state index is 0.190. The van der Waals surface area contributed by atoms with Gasteiger partial charge in [-0.2, -0.15) is 12.7 Å². The Balaban J connectivity index is 1.29. The topological polar surface area (TPSA) is 107 Å². The fourth-order valence-corrected chi connectivity index (χ4v) is 4.20. The van der Waals surface area contributed by atoms with Crippen LogP contribution in [0.25, 0.3) is 21.8 Å². The fraction of sp³-hybridized carbons (Fsp3) is 0.250. The van der Waals surface area contributed by atoms with Gasteiger partial charge in [0.1, 0.15) is 18.2 Å². The summed E-state index contributed by atoms with van der Waals surface area (Å²) in [6.07, 6.45) is -0.953. The monoisotopic (exact) mass is 486 g/mol. The van der Waals surface area contributed by atoms with E-state index in [0.29, 0.717) is 18.7 Å². The molecule has 0 saturated carbocycles. The summed E-state index contributed by atoms with van der Waals surface area (Å²) in [7, 11) is -1.19. The molecule has 0 spiro atoms. The van der Waals surface area contributed by atoms with Gasteiger partial charge in [-0.05, 0) is 35.9 Å².